The third kappa shape index (κ3) is 4.46. The number of amides is 1. The molecule has 202 valence electrons. The van der Waals surface area contributed by atoms with Crippen LogP contribution >= 0.6 is 35.0 Å². The zero-order valence-electron chi connectivity index (χ0n) is 22.2. The Kier molecular flexibility index (Phi) is 6.76. The zero-order chi connectivity index (χ0) is 27.5. The molecule has 3 aliphatic rings. The Morgan fingerprint density at radius 3 is 2.36 bits per heavy atom. The molecule has 1 amide bonds. The fourth-order valence-electron chi connectivity index (χ4n) is 5.91. The minimum atomic E-state index is -0.604. The Morgan fingerprint density at radius 1 is 1.08 bits per heavy atom. The van der Waals surface area contributed by atoms with Crippen molar-refractivity contribution in [3.8, 4) is 0 Å². The summed E-state index contributed by atoms with van der Waals surface area (Å²) in [6.07, 6.45) is 1.69. The van der Waals surface area contributed by atoms with Gasteiger partial charge in [-0.3, -0.25) is 4.79 Å². The molecule has 4 heterocycles. The molecule has 0 saturated carbocycles. The molecule has 0 aliphatic carbocycles. The summed E-state index contributed by atoms with van der Waals surface area (Å²) in [7, 11) is 0. The number of thioether (sulfide) groups is 1. The summed E-state index contributed by atoms with van der Waals surface area (Å²) in [6, 6.07) is 15.4. The Morgan fingerprint density at radius 2 is 1.74 bits per heavy atom. The number of halogens is 2. The summed E-state index contributed by atoms with van der Waals surface area (Å²) >= 11 is 14.0. The number of hydrogen-bond donors (Lipinski definition) is 0. The van der Waals surface area contributed by atoms with Crippen LogP contribution < -0.4 is 0 Å². The molecule has 39 heavy (non-hydrogen) atoms. The van der Waals surface area contributed by atoms with Gasteiger partial charge in [0.05, 0.1) is 6.04 Å². The van der Waals surface area contributed by atoms with Crippen LogP contribution in [-0.4, -0.2) is 37.6 Å². The second kappa shape index (κ2) is 9.98. The summed E-state index contributed by atoms with van der Waals surface area (Å²) in [4.78, 5) is 24.4. The van der Waals surface area contributed by atoms with Gasteiger partial charge in [-0.1, -0.05) is 61.3 Å². The predicted molar refractivity (Wildman–Crippen MR) is 154 cm³/mol. The first kappa shape index (κ1) is 26.4. The van der Waals surface area contributed by atoms with Crippen LogP contribution in [0.2, 0.25) is 10.0 Å². The van der Waals surface area contributed by atoms with Crippen molar-refractivity contribution in [1.82, 2.24) is 20.0 Å². The number of aliphatic imine (C=N–C) groups is 1. The van der Waals surface area contributed by atoms with E-state index >= 15 is 0 Å². The molecule has 1 aromatic heterocycles. The first-order chi connectivity index (χ1) is 18.7. The Bertz CT molecular complexity index is 1480. The van der Waals surface area contributed by atoms with Gasteiger partial charge in [0.25, 0.3) is 5.91 Å². The monoisotopic (exact) mass is 581 g/mol. The number of hydrogen-bond acceptors (Lipinski definition) is 7. The van der Waals surface area contributed by atoms with Gasteiger partial charge in [0.2, 0.25) is 11.8 Å². The van der Waals surface area contributed by atoms with E-state index in [9.17, 15) is 4.79 Å². The van der Waals surface area contributed by atoms with Crippen LogP contribution in [0.5, 0.6) is 0 Å². The van der Waals surface area contributed by atoms with Crippen molar-refractivity contribution < 1.29 is 9.21 Å². The van der Waals surface area contributed by atoms with Gasteiger partial charge in [-0.05, 0) is 72.8 Å². The Balaban J connectivity index is 1.44. The van der Waals surface area contributed by atoms with Gasteiger partial charge in [0.15, 0.2) is 5.17 Å². The molecular weight excluding hydrogens is 553 g/mol. The highest BCUT2D eigenvalue weighted by Crippen LogP contribution is 2.56. The lowest BCUT2D eigenvalue weighted by molar-refractivity contribution is -0.127. The number of amidine groups is 1. The minimum Gasteiger partial charge on any atom is -0.423 e. The minimum absolute atomic E-state index is 0.0118. The maximum absolute atomic E-state index is 14.2. The number of likely N-dealkylation sites (tertiary alicyclic amines) is 1. The number of benzene rings is 2. The van der Waals surface area contributed by atoms with E-state index in [0.717, 1.165) is 34.8 Å². The van der Waals surface area contributed by atoms with E-state index in [4.69, 9.17) is 32.6 Å². The Labute approximate surface area is 242 Å². The summed E-state index contributed by atoms with van der Waals surface area (Å²) in [5.74, 6) is 1.07. The number of rotatable bonds is 5. The molecule has 3 atom stereocenters. The van der Waals surface area contributed by atoms with E-state index in [0.29, 0.717) is 33.3 Å². The van der Waals surface area contributed by atoms with Crippen LogP contribution in [0.4, 0.5) is 0 Å². The number of aryl methyl sites for hydroxylation is 1. The quantitative estimate of drug-likeness (QED) is 0.315. The van der Waals surface area contributed by atoms with Gasteiger partial charge in [0, 0.05) is 29.2 Å². The lowest BCUT2D eigenvalue weighted by Crippen LogP contribution is -2.37. The average Bonchev–Trinajstić information content (AvgIpc) is 3.67. The first-order valence-electron chi connectivity index (χ1n) is 13.1. The number of allylic oxidation sites excluding steroid dienone is 1. The summed E-state index contributed by atoms with van der Waals surface area (Å²) in [5, 5.41) is 10.4. The molecule has 7 nitrogen and oxygen atoms in total. The molecule has 0 spiro atoms. The predicted octanol–water partition coefficient (Wildman–Crippen LogP) is 7.29. The van der Waals surface area contributed by atoms with Crippen LogP contribution in [-0.2, 0) is 10.3 Å². The topological polar surface area (TPSA) is 74.8 Å². The van der Waals surface area contributed by atoms with E-state index in [2.05, 4.69) is 48.0 Å². The van der Waals surface area contributed by atoms with E-state index in [1.165, 1.54) is 11.8 Å². The number of carbonyl (C=O) groups is 1. The van der Waals surface area contributed by atoms with Crippen molar-refractivity contribution in [3.63, 3.8) is 0 Å². The molecule has 1 fully saturated rings. The van der Waals surface area contributed by atoms with Crippen LogP contribution in [0.3, 0.4) is 0 Å². The van der Waals surface area contributed by atoms with Crippen molar-refractivity contribution in [3.05, 3.63) is 92.1 Å². The molecule has 6 rings (SSSR count). The number of aromatic nitrogens is 2. The largest absolute Gasteiger partial charge is 0.423 e. The van der Waals surface area contributed by atoms with Crippen molar-refractivity contribution >= 4 is 46.0 Å². The average molecular weight is 583 g/mol. The maximum Gasteiger partial charge on any atom is 0.263 e. The fraction of sp³-hybridized carbons (Fsp3) is 0.379. The van der Waals surface area contributed by atoms with Crippen molar-refractivity contribution in [2.45, 2.75) is 58.2 Å². The van der Waals surface area contributed by atoms with Crippen molar-refractivity contribution in [2.75, 3.05) is 6.54 Å². The van der Waals surface area contributed by atoms with Crippen molar-refractivity contribution in [1.29, 1.82) is 0 Å². The van der Waals surface area contributed by atoms with Crippen LogP contribution in [0.1, 0.15) is 68.6 Å². The second-order valence-electron chi connectivity index (χ2n) is 10.7. The molecule has 0 unspecified atom stereocenters. The van der Waals surface area contributed by atoms with Crippen LogP contribution in [0.15, 0.2) is 68.5 Å². The maximum atomic E-state index is 14.2. The zero-order valence-corrected chi connectivity index (χ0v) is 24.5. The van der Waals surface area contributed by atoms with E-state index in [1.54, 1.807) is 6.92 Å². The Hall–Kier alpha value is -2.81. The molecule has 0 bridgehead atoms. The van der Waals surface area contributed by atoms with Gasteiger partial charge in [-0.25, -0.2) is 4.99 Å². The van der Waals surface area contributed by atoms with E-state index in [1.807, 2.05) is 41.3 Å². The lowest BCUT2D eigenvalue weighted by Gasteiger charge is -2.37. The summed E-state index contributed by atoms with van der Waals surface area (Å²) < 4.78 is 5.74. The molecule has 0 radical (unpaired) electrons. The normalized spacial score (nSPS) is 24.6. The fourth-order valence-corrected chi connectivity index (χ4v) is 7.52. The molecule has 1 saturated heterocycles. The molecule has 3 aliphatic heterocycles. The van der Waals surface area contributed by atoms with E-state index < -0.39 is 5.54 Å². The summed E-state index contributed by atoms with van der Waals surface area (Å²) in [5.41, 5.74) is 2.50. The van der Waals surface area contributed by atoms with Gasteiger partial charge in [0.1, 0.15) is 16.5 Å². The number of carbonyl (C=O) groups excluding carboxylic acids is 1. The second-order valence-corrected chi connectivity index (χ2v) is 12.5. The smallest absolute Gasteiger partial charge is 0.263 e. The highest BCUT2D eigenvalue weighted by molar-refractivity contribution is 8.18. The molecule has 10 heteroatoms. The molecular formula is C29H29Cl2N5O2S. The first-order valence-corrected chi connectivity index (χ1v) is 14.7. The third-order valence-corrected chi connectivity index (χ3v) is 9.27. The summed E-state index contributed by atoms with van der Waals surface area (Å²) in [6.45, 7) is 8.83. The SMILES string of the molecule is Cc1nnc([C@@H]2CCCN2C(=O)C2=C(C(C)C)N3C(=N[C@@](C)(c4ccc(Cl)cc4)[C@H]3c3ccc(Cl)cc3)S2)o1. The van der Waals surface area contributed by atoms with Crippen LogP contribution in [0.25, 0.3) is 0 Å². The van der Waals surface area contributed by atoms with Gasteiger partial charge in [-0.2, -0.15) is 0 Å². The molecule has 3 aromatic rings. The highest BCUT2D eigenvalue weighted by atomic mass is 35.5. The molecule has 0 N–H and O–H groups in total. The van der Waals surface area contributed by atoms with Crippen LogP contribution in [0, 0.1) is 12.8 Å². The van der Waals surface area contributed by atoms with Gasteiger partial charge in [-0.15, -0.1) is 10.2 Å². The number of fused-ring (bicyclic) bond motifs is 1. The number of nitrogens with zero attached hydrogens (tertiary/aromatic N) is 5. The van der Waals surface area contributed by atoms with E-state index in [-0.39, 0.29) is 23.9 Å². The standard InChI is InChI=1S/C29H29Cl2N5O2S/c1-16(2)23-24(27(37)35-15-5-6-22(35)26-34-33-17(3)38-26)39-28-32-29(4,19-9-13-21(31)14-10-19)25(36(23)28)18-7-11-20(30)12-8-18/h7-14,16,22,25H,5-6,15H2,1-4H3/t22-,25+,29-/m0/s1. The van der Waals surface area contributed by atoms with Gasteiger partial charge >= 0.3 is 0 Å². The third-order valence-electron chi connectivity index (χ3n) is 7.71. The lowest BCUT2D eigenvalue weighted by atomic mass is 9.81. The van der Waals surface area contributed by atoms with Gasteiger partial charge < -0.3 is 14.2 Å². The highest BCUT2D eigenvalue weighted by Gasteiger charge is 2.53. The van der Waals surface area contributed by atoms with Crippen molar-refractivity contribution in [2.24, 2.45) is 10.9 Å². The molecule has 2 aromatic carbocycles.